The summed E-state index contributed by atoms with van der Waals surface area (Å²) >= 11 is 0. The van der Waals surface area contributed by atoms with Gasteiger partial charge in [0.1, 0.15) is 28.5 Å². The van der Waals surface area contributed by atoms with Gasteiger partial charge in [-0.1, -0.05) is 139 Å². The summed E-state index contributed by atoms with van der Waals surface area (Å²) in [5.41, 5.74) is 15.7. The number of hydrogen-bond donors (Lipinski definition) is 13. The second-order valence-corrected chi connectivity index (χ2v) is 26.8. The number of ketones is 3. The van der Waals surface area contributed by atoms with Crippen molar-refractivity contribution in [2.24, 2.45) is 30.1 Å². The molecule has 0 saturated heterocycles. The van der Waals surface area contributed by atoms with Crippen LogP contribution >= 0.6 is 0 Å². The predicted octanol–water partition coefficient (Wildman–Crippen LogP) is 15.7. The number of benzene rings is 10. The summed E-state index contributed by atoms with van der Waals surface area (Å²) in [6, 6.07) is 68.9. The van der Waals surface area contributed by atoms with E-state index in [-0.39, 0.29) is 70.3 Å². The van der Waals surface area contributed by atoms with Crippen molar-refractivity contribution in [2.45, 2.75) is 19.4 Å². The van der Waals surface area contributed by atoms with Crippen molar-refractivity contribution < 1.29 is 67.7 Å². The minimum absolute atomic E-state index is 0.0180. The van der Waals surface area contributed by atoms with Crippen molar-refractivity contribution in [3.8, 4) is 40.7 Å². The number of para-hydroxylation sites is 8. The first-order valence-electron chi connectivity index (χ1n) is 35.3. The zero-order valence-electron chi connectivity index (χ0n) is 60.0. The van der Waals surface area contributed by atoms with Crippen LogP contribution in [0.3, 0.4) is 0 Å². The number of rotatable bonds is 11. The summed E-state index contributed by atoms with van der Waals surface area (Å²) < 4.78 is 25.3. The second-order valence-electron chi connectivity index (χ2n) is 26.4. The third-order valence-electron chi connectivity index (χ3n) is 19.3. The van der Waals surface area contributed by atoms with Gasteiger partial charge in [-0.2, -0.15) is 0 Å². The van der Waals surface area contributed by atoms with E-state index in [1.54, 1.807) is 48.5 Å². The van der Waals surface area contributed by atoms with Gasteiger partial charge < -0.3 is 65.6 Å². The van der Waals surface area contributed by atoms with Crippen LogP contribution in [0.25, 0.3) is 76.7 Å². The average molecular weight is 1550 g/mol. The number of aliphatic hydroxyl groups excluding tert-OH is 2. The van der Waals surface area contributed by atoms with Crippen LogP contribution in [-0.4, -0.2) is 148 Å². The standard InChI is InChI=1S/C20H19N3O3.C17H12N2O2.C16H9N3O4.C16H11N3O2.C16H10N2O2.O3S/c24-11-12(25)9-10-21-18-14-6-2-4-8-16(14)22-19(18)17-13-5-1-3-7-15(13)23-20(17)26;1-9-6-7-13-11(8-9)14(17(21)19-13)15-16(20)10-4-2-3-5-12(10)18-15;20-15-9-3-1-2-4-11(9)17-14(15)13-10-7-8(19(22)23)5-6-12(10)18-16(13)21;20-16-13(9-5-1-3-7-11(9)18-16)15-14(19-21)10-6-2-4-8-12(10)17-15;19-15-10-6-2-4-8-12(10)17-14(15)13-9-5-1-3-7-11(9)18-16(13)20;1-4(2)3/h1-8,12,23-26H,9-11H2;2-8,19,21H,1H3;1-7,18,21H;1-8,17-18,20H;1-8,18,20H;. The van der Waals surface area contributed by atoms with Crippen LogP contribution in [0.2, 0.25) is 0 Å². The number of nitro groups is 1. The lowest BCUT2D eigenvalue weighted by Gasteiger charge is -2.07. The Morgan fingerprint density at radius 1 is 0.417 bits per heavy atom. The van der Waals surface area contributed by atoms with Gasteiger partial charge in [-0.15, -0.1) is 17.5 Å². The molecular weight excluding hydrogens is 1490 g/mol. The Hall–Kier alpha value is -15.7. The van der Waals surface area contributed by atoms with Gasteiger partial charge in [0, 0.05) is 106 Å². The summed E-state index contributed by atoms with van der Waals surface area (Å²) in [5.74, 6) is -0.817. The molecule has 0 aliphatic carbocycles. The molecule has 0 amide bonds. The Morgan fingerprint density at radius 3 is 1.17 bits per heavy atom. The Bertz CT molecular complexity index is 6990. The average Bonchev–Trinajstić information content (AvgIpc) is 1.62. The Morgan fingerprint density at radius 2 is 0.748 bits per heavy atom. The number of carbonyl (C=O) groups excluding carboxylic acids is 3. The molecule has 4 aliphatic rings. The highest BCUT2D eigenvalue weighted by atomic mass is 32.2. The van der Waals surface area contributed by atoms with E-state index < -0.39 is 21.6 Å². The molecule has 16 aromatic rings. The summed E-state index contributed by atoms with van der Waals surface area (Å²) in [5, 5.41) is 88.3. The smallest absolute Gasteiger partial charge is 0.425 e. The maximum Gasteiger partial charge on any atom is 0.425 e. The molecule has 4 aliphatic heterocycles. The number of hydrogen-bond acceptors (Lipinski definition) is 22. The lowest BCUT2D eigenvalue weighted by Crippen LogP contribution is -2.16. The van der Waals surface area contributed by atoms with Crippen LogP contribution in [-0.2, 0) is 10.6 Å². The molecule has 6 aromatic heterocycles. The summed E-state index contributed by atoms with van der Waals surface area (Å²) in [6.45, 7) is 2.04. The molecule has 0 saturated carbocycles. The van der Waals surface area contributed by atoms with Gasteiger partial charge in [-0.25, -0.2) is 20.0 Å². The highest BCUT2D eigenvalue weighted by Gasteiger charge is 2.34. The van der Waals surface area contributed by atoms with Crippen LogP contribution in [0.1, 0.15) is 70.9 Å². The van der Waals surface area contributed by atoms with Crippen molar-refractivity contribution in [3.63, 3.8) is 0 Å². The maximum atomic E-state index is 12.5. The Labute approximate surface area is 649 Å². The van der Waals surface area contributed by atoms with Crippen molar-refractivity contribution >= 4 is 156 Å². The fourth-order valence-electron chi connectivity index (χ4n) is 14.1. The number of aryl methyl sites for hydroxylation is 1. The van der Waals surface area contributed by atoms with E-state index in [1.807, 2.05) is 171 Å². The normalized spacial score (nSPS) is 13.4. The number of fused-ring (bicyclic) bond motifs is 10. The fourth-order valence-corrected chi connectivity index (χ4v) is 14.1. The third-order valence-corrected chi connectivity index (χ3v) is 19.3. The van der Waals surface area contributed by atoms with Crippen LogP contribution < -0.4 is 0 Å². The van der Waals surface area contributed by atoms with E-state index in [4.69, 9.17) is 22.7 Å². The number of nitroso groups, excluding NO2 is 1. The minimum atomic E-state index is -3.11. The molecule has 568 valence electrons. The van der Waals surface area contributed by atoms with Crippen molar-refractivity contribution in [1.29, 1.82) is 0 Å². The molecule has 29 nitrogen and oxygen atoms in total. The number of Topliss-reactive ketones (excluding diaryl/α,β-unsaturated/α-hetero) is 3. The molecule has 0 radical (unpaired) electrons. The number of aliphatic imine (C=N–C) groups is 5. The molecule has 10 heterocycles. The largest absolute Gasteiger partial charge is 0.494 e. The van der Waals surface area contributed by atoms with Gasteiger partial charge in [-0.3, -0.25) is 29.5 Å². The number of aromatic nitrogens is 6. The molecule has 0 fully saturated rings. The van der Waals surface area contributed by atoms with E-state index in [0.29, 0.717) is 114 Å². The Kier molecular flexibility index (Phi) is 20.4. The lowest BCUT2D eigenvalue weighted by atomic mass is 10.0. The van der Waals surface area contributed by atoms with Crippen LogP contribution in [0.4, 0.5) is 34.1 Å². The highest BCUT2D eigenvalue weighted by Crippen LogP contribution is 2.46. The summed E-state index contributed by atoms with van der Waals surface area (Å²) in [7, 11) is -3.11. The maximum absolute atomic E-state index is 12.5. The number of aromatic hydroxyl groups is 5. The molecule has 20 rings (SSSR count). The van der Waals surface area contributed by atoms with Crippen molar-refractivity contribution in [1.82, 2.24) is 29.9 Å². The van der Waals surface area contributed by atoms with Gasteiger partial charge in [-0.05, 0) is 103 Å². The van der Waals surface area contributed by atoms with Gasteiger partial charge in [0.25, 0.3) is 5.69 Å². The lowest BCUT2D eigenvalue weighted by molar-refractivity contribution is -0.384. The van der Waals surface area contributed by atoms with E-state index in [0.717, 1.165) is 71.3 Å². The molecule has 1 atom stereocenters. The van der Waals surface area contributed by atoms with E-state index in [2.05, 4.69) is 55.1 Å². The summed E-state index contributed by atoms with van der Waals surface area (Å²) in [4.78, 5) is 99.1. The molecule has 115 heavy (non-hydrogen) atoms. The number of non-ortho nitro benzene ring substituents is 1. The predicted molar refractivity (Wildman–Crippen MR) is 436 cm³/mol. The number of nitro benzene ring substituents is 1. The molecule has 0 bridgehead atoms. The zero-order valence-corrected chi connectivity index (χ0v) is 60.8. The highest BCUT2D eigenvalue weighted by molar-refractivity contribution is 7.59. The number of aliphatic hydroxyl groups is 2. The minimum Gasteiger partial charge on any atom is -0.494 e. The topological polar surface area (TPSA) is 473 Å². The van der Waals surface area contributed by atoms with Gasteiger partial charge in [0.2, 0.25) is 17.3 Å². The number of nitrogens with one attached hydrogen (secondary N) is 6. The van der Waals surface area contributed by atoms with Gasteiger partial charge in [0.15, 0.2) is 29.4 Å². The number of H-pyrrole nitrogens is 6. The molecular formula is C85H61N13O16S. The number of nitrogens with zero attached hydrogens (tertiary/aromatic N) is 7. The van der Waals surface area contributed by atoms with Crippen LogP contribution in [0, 0.1) is 21.9 Å². The van der Waals surface area contributed by atoms with Crippen LogP contribution in [0.5, 0.6) is 29.4 Å². The molecule has 13 N–H and O–H groups in total. The first-order chi connectivity index (χ1) is 55.7. The second kappa shape index (κ2) is 31.4. The Balaban J connectivity index is 0.000000112. The zero-order chi connectivity index (χ0) is 80.5. The molecule has 10 aromatic carbocycles. The quantitative estimate of drug-likeness (QED) is 0.0325. The van der Waals surface area contributed by atoms with Crippen molar-refractivity contribution in [3.05, 3.63) is 296 Å². The van der Waals surface area contributed by atoms with E-state index >= 15 is 0 Å². The first-order valence-corrected chi connectivity index (χ1v) is 36.3. The van der Waals surface area contributed by atoms with E-state index in [9.17, 15) is 60.0 Å². The van der Waals surface area contributed by atoms with Crippen LogP contribution in [0.15, 0.2) is 261 Å². The van der Waals surface area contributed by atoms with E-state index in [1.165, 1.54) is 18.2 Å². The number of aromatic amines is 6. The molecule has 0 spiro atoms. The van der Waals surface area contributed by atoms with Crippen molar-refractivity contribution in [2.75, 3.05) is 13.2 Å². The van der Waals surface area contributed by atoms with Gasteiger partial charge >= 0.3 is 10.6 Å². The fraction of sp³-hybridized carbons (Fsp3) is 0.0588. The SMILES string of the molecule is Cc1ccc2[nH]c(O)c(C3=Nc4ccccc4C3=O)c2c1.O=C1C(c2c(O)[nH]c3ccc([N+](=O)[O-])cc23)=Nc2ccccc21.O=C1C(c2c(O)[nH]c3ccccc23)=Nc2ccccc21.O=Nc1c(-c2c(O)[nH]c3ccccc23)[nH]c2ccccc12.O=S(=O)=O.OCC(O)CCN=C1C(c2c(O)[nH]c3ccccc23)=Nc2ccccc21. The third kappa shape index (κ3) is 14.3. The summed E-state index contributed by atoms with van der Waals surface area (Å²) in [6.07, 6.45) is -0.437. The molecule has 30 heteroatoms. The first kappa shape index (κ1) is 74.8. The monoisotopic (exact) mass is 1550 g/mol. The molecule has 1 unspecified atom stereocenters. The van der Waals surface area contributed by atoms with Gasteiger partial charge in [0.05, 0.1) is 79.6 Å². The number of carbonyl (C=O) groups is 3.